The molecular formula is C25H32F4N4O3. The average Bonchev–Trinajstić information content (AvgIpc) is 3.23. The number of nitrogens with zero attached hydrogens (tertiary/aromatic N) is 4. The first-order valence-corrected chi connectivity index (χ1v) is 12.2. The number of amides is 1. The Kier molecular flexibility index (Phi) is 6.96. The van der Waals surface area contributed by atoms with Crippen molar-refractivity contribution >= 4 is 6.09 Å². The van der Waals surface area contributed by atoms with Crippen LogP contribution in [0.5, 0.6) is 11.8 Å². The van der Waals surface area contributed by atoms with Crippen molar-refractivity contribution in [3.05, 3.63) is 35.4 Å². The monoisotopic (exact) mass is 512 g/mol. The van der Waals surface area contributed by atoms with Crippen LogP contribution in [0.2, 0.25) is 0 Å². The van der Waals surface area contributed by atoms with Gasteiger partial charge in [-0.1, -0.05) is 0 Å². The molecule has 3 atom stereocenters. The Labute approximate surface area is 207 Å². The number of carbonyl (C=O) groups excluding carboxylic acids is 1. The molecule has 2 bridgehead atoms. The van der Waals surface area contributed by atoms with Crippen molar-refractivity contribution in [2.45, 2.75) is 71.7 Å². The summed E-state index contributed by atoms with van der Waals surface area (Å²) in [4.78, 5) is 18.8. The normalized spacial score (nSPS) is 22.3. The van der Waals surface area contributed by atoms with Gasteiger partial charge in [-0.2, -0.15) is 23.3 Å². The van der Waals surface area contributed by atoms with E-state index in [1.54, 1.807) is 4.90 Å². The summed E-state index contributed by atoms with van der Waals surface area (Å²) >= 11 is 0. The lowest BCUT2D eigenvalue weighted by molar-refractivity contribution is -0.137. The number of halogens is 4. The minimum absolute atomic E-state index is 0.0586. The minimum atomic E-state index is -4.63. The van der Waals surface area contributed by atoms with Gasteiger partial charge in [-0.05, 0) is 83.4 Å². The van der Waals surface area contributed by atoms with E-state index in [-0.39, 0.29) is 35.9 Å². The summed E-state index contributed by atoms with van der Waals surface area (Å²) in [6, 6.07) is 1.75. The van der Waals surface area contributed by atoms with E-state index in [1.165, 1.54) is 4.68 Å². The number of carbonyl (C=O) groups is 1. The third-order valence-electron chi connectivity index (χ3n) is 6.69. The average molecular weight is 513 g/mol. The standard InChI is InChI=1S/C25H32F4N4O3/c1-14(2)33-22(35-20-10-17(25(27,28)29)8-9-19(20)26)30-21(31-33)11-18-15-6-7-16(18)13-32(12-15)23(34)36-24(3,4)5/h8-10,14-16,18H,6-7,11-13H2,1-5H3/t15-,16+,18?. The zero-order valence-corrected chi connectivity index (χ0v) is 21.1. The van der Waals surface area contributed by atoms with Crippen LogP contribution >= 0.6 is 0 Å². The summed E-state index contributed by atoms with van der Waals surface area (Å²) in [5.74, 6) is -0.199. The van der Waals surface area contributed by atoms with Gasteiger partial charge in [0.15, 0.2) is 17.4 Å². The van der Waals surface area contributed by atoms with E-state index < -0.39 is 28.9 Å². The van der Waals surface area contributed by atoms with Crippen LogP contribution in [0, 0.1) is 23.6 Å². The maximum Gasteiger partial charge on any atom is 0.416 e. The van der Waals surface area contributed by atoms with Crippen LogP contribution in [-0.4, -0.2) is 44.4 Å². The lowest BCUT2D eigenvalue weighted by Gasteiger charge is -2.38. The quantitative estimate of drug-likeness (QED) is 0.444. The highest BCUT2D eigenvalue weighted by atomic mass is 19.4. The molecule has 2 aliphatic rings. The zero-order chi connectivity index (χ0) is 26.4. The SMILES string of the molecule is CC(C)n1nc(CC2[C@@H]3CC[C@H]2CN(C(=O)OC(C)(C)C)C3)nc1Oc1cc(C(F)(F)F)ccc1F. The summed E-state index contributed by atoms with van der Waals surface area (Å²) in [5, 5.41) is 4.53. The fourth-order valence-electron chi connectivity index (χ4n) is 5.05. The number of fused-ring (bicyclic) bond motifs is 2. The Morgan fingerprint density at radius 2 is 1.78 bits per heavy atom. The molecule has 2 fully saturated rings. The fourth-order valence-corrected chi connectivity index (χ4v) is 5.05. The van der Waals surface area contributed by atoms with Gasteiger partial charge < -0.3 is 14.4 Å². The largest absolute Gasteiger partial charge is 0.444 e. The number of likely N-dealkylation sites (tertiary alicyclic amines) is 1. The number of hydrogen-bond acceptors (Lipinski definition) is 5. The molecule has 0 N–H and O–H groups in total. The van der Waals surface area contributed by atoms with Gasteiger partial charge in [0, 0.05) is 19.5 Å². The summed E-state index contributed by atoms with van der Waals surface area (Å²) in [7, 11) is 0. The Morgan fingerprint density at radius 3 is 2.33 bits per heavy atom. The van der Waals surface area contributed by atoms with Crippen LogP contribution in [0.3, 0.4) is 0 Å². The second-order valence-electron chi connectivity index (χ2n) is 10.9. The van der Waals surface area contributed by atoms with Crippen LogP contribution in [-0.2, 0) is 17.3 Å². The Morgan fingerprint density at radius 1 is 1.14 bits per heavy atom. The predicted octanol–water partition coefficient (Wildman–Crippen LogP) is 6.24. The molecule has 0 spiro atoms. The molecule has 7 nitrogen and oxygen atoms in total. The van der Waals surface area contributed by atoms with E-state index in [1.807, 2.05) is 34.6 Å². The van der Waals surface area contributed by atoms with Gasteiger partial charge in [-0.15, -0.1) is 0 Å². The highest BCUT2D eigenvalue weighted by Gasteiger charge is 2.44. The molecule has 1 aromatic heterocycles. The molecule has 4 rings (SSSR count). The second-order valence-corrected chi connectivity index (χ2v) is 10.9. The second kappa shape index (κ2) is 9.55. The first kappa shape index (κ1) is 26.2. The number of piperidine rings is 1. The third-order valence-corrected chi connectivity index (χ3v) is 6.69. The number of hydrogen-bond donors (Lipinski definition) is 0. The van der Waals surface area contributed by atoms with Crippen molar-refractivity contribution < 1.29 is 31.8 Å². The van der Waals surface area contributed by atoms with Crippen molar-refractivity contribution in [3.8, 4) is 11.8 Å². The van der Waals surface area contributed by atoms with Crippen molar-refractivity contribution in [2.24, 2.45) is 17.8 Å². The van der Waals surface area contributed by atoms with E-state index >= 15 is 0 Å². The lowest BCUT2D eigenvalue weighted by atomic mass is 9.82. The first-order valence-electron chi connectivity index (χ1n) is 12.2. The Bertz CT molecular complexity index is 1100. The van der Waals surface area contributed by atoms with Crippen LogP contribution < -0.4 is 4.74 Å². The van der Waals surface area contributed by atoms with Crippen molar-refractivity contribution in [1.82, 2.24) is 19.7 Å². The van der Waals surface area contributed by atoms with Crippen molar-refractivity contribution in [2.75, 3.05) is 13.1 Å². The molecule has 0 radical (unpaired) electrons. The van der Waals surface area contributed by atoms with Gasteiger partial charge in [0.25, 0.3) is 0 Å². The van der Waals surface area contributed by atoms with Crippen LogP contribution in [0.4, 0.5) is 22.4 Å². The van der Waals surface area contributed by atoms with E-state index in [4.69, 9.17) is 9.47 Å². The Balaban J connectivity index is 1.50. The van der Waals surface area contributed by atoms with Crippen LogP contribution in [0.25, 0.3) is 0 Å². The maximum atomic E-state index is 14.3. The molecular weight excluding hydrogens is 480 g/mol. The third kappa shape index (κ3) is 5.75. The van der Waals surface area contributed by atoms with Crippen LogP contribution in [0.1, 0.15) is 64.9 Å². The van der Waals surface area contributed by atoms with Gasteiger partial charge in [-0.3, -0.25) is 0 Å². The molecule has 1 saturated carbocycles. The molecule has 1 amide bonds. The number of benzene rings is 1. The number of rotatable bonds is 5. The summed E-state index contributed by atoms with van der Waals surface area (Å²) in [6.07, 6.45) is -2.43. The molecule has 1 aromatic carbocycles. The summed E-state index contributed by atoms with van der Waals surface area (Å²) in [6.45, 7) is 10.4. The molecule has 2 aromatic rings. The van der Waals surface area contributed by atoms with Crippen molar-refractivity contribution in [3.63, 3.8) is 0 Å². The zero-order valence-electron chi connectivity index (χ0n) is 21.1. The Hall–Kier alpha value is -2.85. The van der Waals surface area contributed by atoms with Gasteiger partial charge in [0.1, 0.15) is 5.60 Å². The first-order chi connectivity index (χ1) is 16.7. The molecule has 1 unspecified atom stereocenters. The van der Waals surface area contributed by atoms with E-state index in [9.17, 15) is 22.4 Å². The molecule has 1 aliphatic carbocycles. The van der Waals surface area contributed by atoms with Crippen LogP contribution in [0.15, 0.2) is 18.2 Å². The maximum absolute atomic E-state index is 14.3. The highest BCUT2D eigenvalue weighted by Crippen LogP contribution is 2.44. The molecule has 198 valence electrons. The molecule has 11 heteroatoms. The van der Waals surface area contributed by atoms with E-state index in [0.29, 0.717) is 37.5 Å². The van der Waals surface area contributed by atoms with Gasteiger partial charge >= 0.3 is 18.3 Å². The molecule has 1 saturated heterocycles. The molecule has 36 heavy (non-hydrogen) atoms. The molecule has 2 heterocycles. The number of alkyl halides is 3. The fraction of sp³-hybridized carbons (Fsp3) is 0.640. The molecule has 1 aliphatic heterocycles. The number of ether oxygens (including phenoxy) is 2. The summed E-state index contributed by atoms with van der Waals surface area (Å²) < 4.78 is 66.1. The topological polar surface area (TPSA) is 69.5 Å². The number of aromatic nitrogens is 3. The van der Waals surface area contributed by atoms with E-state index in [0.717, 1.165) is 18.9 Å². The minimum Gasteiger partial charge on any atom is -0.444 e. The summed E-state index contributed by atoms with van der Waals surface area (Å²) in [5.41, 5.74) is -1.57. The van der Waals surface area contributed by atoms with E-state index in [2.05, 4.69) is 10.1 Å². The predicted molar refractivity (Wildman–Crippen MR) is 123 cm³/mol. The van der Waals surface area contributed by atoms with Gasteiger partial charge in [0.05, 0.1) is 11.6 Å². The van der Waals surface area contributed by atoms with Gasteiger partial charge in [-0.25, -0.2) is 13.9 Å². The highest BCUT2D eigenvalue weighted by molar-refractivity contribution is 5.68. The smallest absolute Gasteiger partial charge is 0.416 e. The van der Waals surface area contributed by atoms with Crippen molar-refractivity contribution in [1.29, 1.82) is 0 Å². The lowest BCUT2D eigenvalue weighted by Crippen LogP contribution is -2.47. The van der Waals surface area contributed by atoms with Gasteiger partial charge in [0.2, 0.25) is 0 Å².